The number of halogens is 1. The van der Waals surface area contributed by atoms with Crippen molar-refractivity contribution in [2.24, 2.45) is 5.73 Å². The zero-order valence-corrected chi connectivity index (χ0v) is 14.4. The van der Waals surface area contributed by atoms with Gasteiger partial charge in [-0.15, -0.1) is 0 Å². The number of hydrogen-bond acceptors (Lipinski definition) is 2. The van der Waals surface area contributed by atoms with E-state index >= 15 is 0 Å². The Bertz CT molecular complexity index is 418. The largest absolute Gasteiger partial charge is 0.326 e. The summed E-state index contributed by atoms with van der Waals surface area (Å²) in [5.41, 5.74) is 7.85. The maximum absolute atomic E-state index is 6.49. The van der Waals surface area contributed by atoms with E-state index in [1.165, 1.54) is 24.8 Å². The summed E-state index contributed by atoms with van der Waals surface area (Å²) in [7, 11) is 0. The zero-order chi connectivity index (χ0) is 14.7. The third-order valence-corrected chi connectivity index (χ3v) is 5.26. The molecule has 0 aromatic heterocycles. The zero-order valence-electron chi connectivity index (χ0n) is 12.8. The predicted octanol–water partition coefficient (Wildman–Crippen LogP) is 4.49. The molecular formula is C17H27BrN2. The minimum atomic E-state index is 0.200. The van der Waals surface area contributed by atoms with Crippen LogP contribution in [0, 0.1) is 0 Å². The first-order chi connectivity index (χ1) is 9.58. The predicted molar refractivity (Wildman–Crippen MR) is 89.8 cm³/mol. The van der Waals surface area contributed by atoms with E-state index < -0.39 is 0 Å². The number of nitrogens with zero attached hydrogens (tertiary/aromatic N) is 1. The number of rotatable bonds is 5. The van der Waals surface area contributed by atoms with Crippen LogP contribution in [0.4, 0.5) is 0 Å². The van der Waals surface area contributed by atoms with Crippen LogP contribution < -0.4 is 5.73 Å². The first-order valence-electron chi connectivity index (χ1n) is 7.86. The first kappa shape index (κ1) is 16.0. The van der Waals surface area contributed by atoms with E-state index in [0.717, 1.165) is 10.9 Å². The molecule has 0 spiro atoms. The van der Waals surface area contributed by atoms with Gasteiger partial charge in [-0.25, -0.2) is 0 Å². The number of nitrogens with two attached hydrogens (primary N) is 1. The molecule has 1 aliphatic heterocycles. The monoisotopic (exact) mass is 338 g/mol. The molecule has 20 heavy (non-hydrogen) atoms. The maximum atomic E-state index is 6.49. The molecule has 2 nitrogen and oxygen atoms in total. The van der Waals surface area contributed by atoms with Gasteiger partial charge in [0.15, 0.2) is 0 Å². The fourth-order valence-electron chi connectivity index (χ4n) is 3.53. The summed E-state index contributed by atoms with van der Waals surface area (Å²) < 4.78 is 1.13. The molecule has 0 saturated carbocycles. The van der Waals surface area contributed by atoms with Gasteiger partial charge in [-0.1, -0.05) is 41.9 Å². The SMILES string of the molecule is CCC(N)C(c1ccc(Br)cc1)N1C(C)CCC1CC. The lowest BCUT2D eigenvalue weighted by molar-refractivity contribution is 0.112. The molecule has 1 heterocycles. The quantitative estimate of drug-likeness (QED) is 0.856. The third-order valence-electron chi connectivity index (χ3n) is 4.73. The Morgan fingerprint density at radius 3 is 2.45 bits per heavy atom. The molecule has 0 bridgehead atoms. The maximum Gasteiger partial charge on any atom is 0.0504 e. The van der Waals surface area contributed by atoms with E-state index in [4.69, 9.17) is 5.73 Å². The Kier molecular flexibility index (Phi) is 5.65. The molecule has 2 rings (SSSR count). The standard InChI is InChI=1S/C17H27BrN2/c1-4-15-11-6-12(3)20(15)17(16(19)5-2)13-7-9-14(18)10-8-13/h7-10,12,15-17H,4-6,11,19H2,1-3H3. The van der Waals surface area contributed by atoms with Gasteiger partial charge in [0.05, 0.1) is 6.04 Å². The van der Waals surface area contributed by atoms with Gasteiger partial charge in [-0.3, -0.25) is 4.90 Å². The average Bonchev–Trinajstić information content (AvgIpc) is 2.82. The van der Waals surface area contributed by atoms with E-state index in [0.29, 0.717) is 18.1 Å². The fourth-order valence-corrected chi connectivity index (χ4v) is 3.80. The van der Waals surface area contributed by atoms with Crippen molar-refractivity contribution in [1.29, 1.82) is 0 Å². The summed E-state index contributed by atoms with van der Waals surface area (Å²) in [5, 5.41) is 0. The third kappa shape index (κ3) is 3.26. The van der Waals surface area contributed by atoms with Crippen LogP contribution in [0.5, 0.6) is 0 Å². The summed E-state index contributed by atoms with van der Waals surface area (Å²) in [6.07, 6.45) is 4.83. The Hall–Kier alpha value is -0.380. The van der Waals surface area contributed by atoms with E-state index in [-0.39, 0.29) is 6.04 Å². The van der Waals surface area contributed by atoms with Gasteiger partial charge in [0.25, 0.3) is 0 Å². The highest BCUT2D eigenvalue weighted by Crippen LogP contribution is 2.37. The molecule has 3 heteroatoms. The van der Waals surface area contributed by atoms with Gasteiger partial charge in [0.1, 0.15) is 0 Å². The summed E-state index contributed by atoms with van der Waals surface area (Å²) >= 11 is 3.52. The van der Waals surface area contributed by atoms with Gasteiger partial charge in [-0.05, 0) is 50.3 Å². The molecule has 1 fully saturated rings. The molecule has 0 aliphatic carbocycles. The van der Waals surface area contributed by atoms with Crippen molar-refractivity contribution in [3.8, 4) is 0 Å². The van der Waals surface area contributed by atoms with E-state index in [1.807, 2.05) is 0 Å². The summed E-state index contributed by atoms with van der Waals surface area (Å²) in [6, 6.07) is 10.6. The molecule has 2 N–H and O–H groups in total. The van der Waals surface area contributed by atoms with Crippen molar-refractivity contribution in [1.82, 2.24) is 4.90 Å². The van der Waals surface area contributed by atoms with Crippen LogP contribution in [-0.2, 0) is 0 Å². The molecule has 4 unspecified atom stereocenters. The number of benzene rings is 1. The van der Waals surface area contributed by atoms with Gasteiger partial charge in [-0.2, -0.15) is 0 Å². The molecule has 1 aliphatic rings. The molecular weight excluding hydrogens is 312 g/mol. The van der Waals surface area contributed by atoms with Crippen molar-refractivity contribution in [3.05, 3.63) is 34.3 Å². The minimum Gasteiger partial charge on any atom is -0.326 e. The van der Waals surface area contributed by atoms with Gasteiger partial charge in [0, 0.05) is 22.6 Å². The van der Waals surface area contributed by atoms with Crippen molar-refractivity contribution in [3.63, 3.8) is 0 Å². The van der Waals surface area contributed by atoms with Crippen LogP contribution in [-0.4, -0.2) is 23.0 Å². The van der Waals surface area contributed by atoms with E-state index in [9.17, 15) is 0 Å². The molecule has 4 atom stereocenters. The number of hydrogen-bond donors (Lipinski definition) is 1. The Morgan fingerprint density at radius 1 is 1.25 bits per heavy atom. The van der Waals surface area contributed by atoms with Gasteiger partial charge in [0.2, 0.25) is 0 Å². The fraction of sp³-hybridized carbons (Fsp3) is 0.647. The minimum absolute atomic E-state index is 0.200. The first-order valence-corrected chi connectivity index (χ1v) is 8.66. The van der Waals surface area contributed by atoms with E-state index in [2.05, 4.69) is 65.9 Å². The molecule has 0 amide bonds. The van der Waals surface area contributed by atoms with Crippen LogP contribution >= 0.6 is 15.9 Å². The van der Waals surface area contributed by atoms with Gasteiger partial charge < -0.3 is 5.73 Å². The second kappa shape index (κ2) is 7.06. The van der Waals surface area contributed by atoms with Crippen molar-refractivity contribution in [2.45, 2.75) is 70.6 Å². The summed E-state index contributed by atoms with van der Waals surface area (Å²) in [5.74, 6) is 0. The highest BCUT2D eigenvalue weighted by Gasteiger charge is 2.37. The smallest absolute Gasteiger partial charge is 0.0504 e. The summed E-state index contributed by atoms with van der Waals surface area (Å²) in [4.78, 5) is 2.68. The van der Waals surface area contributed by atoms with Crippen LogP contribution in [0.3, 0.4) is 0 Å². The van der Waals surface area contributed by atoms with Crippen LogP contribution in [0.25, 0.3) is 0 Å². The van der Waals surface area contributed by atoms with Crippen molar-refractivity contribution in [2.75, 3.05) is 0 Å². The molecule has 0 radical (unpaired) electrons. The average molecular weight is 339 g/mol. The highest BCUT2D eigenvalue weighted by molar-refractivity contribution is 9.10. The van der Waals surface area contributed by atoms with Crippen molar-refractivity contribution < 1.29 is 0 Å². The lowest BCUT2D eigenvalue weighted by Gasteiger charge is -2.39. The lowest BCUT2D eigenvalue weighted by Crippen LogP contribution is -2.46. The normalized spacial score (nSPS) is 26.6. The van der Waals surface area contributed by atoms with Gasteiger partial charge >= 0.3 is 0 Å². The van der Waals surface area contributed by atoms with Crippen molar-refractivity contribution >= 4 is 15.9 Å². The second-order valence-corrected chi connectivity index (χ2v) is 6.92. The Balaban J connectivity index is 2.34. The summed E-state index contributed by atoms with van der Waals surface area (Å²) in [6.45, 7) is 6.84. The molecule has 1 aromatic rings. The molecule has 1 aromatic carbocycles. The topological polar surface area (TPSA) is 29.3 Å². The highest BCUT2D eigenvalue weighted by atomic mass is 79.9. The molecule has 1 saturated heterocycles. The van der Waals surface area contributed by atoms with Crippen LogP contribution in [0.1, 0.15) is 58.1 Å². The lowest BCUT2D eigenvalue weighted by atomic mass is 9.94. The van der Waals surface area contributed by atoms with Crippen LogP contribution in [0.15, 0.2) is 28.7 Å². The molecule has 112 valence electrons. The Labute approximate surface area is 131 Å². The Morgan fingerprint density at radius 2 is 1.90 bits per heavy atom. The van der Waals surface area contributed by atoms with E-state index in [1.54, 1.807) is 0 Å². The second-order valence-electron chi connectivity index (χ2n) is 6.00. The number of likely N-dealkylation sites (tertiary alicyclic amines) is 1. The van der Waals surface area contributed by atoms with Crippen LogP contribution in [0.2, 0.25) is 0 Å².